The van der Waals surface area contributed by atoms with E-state index in [2.05, 4.69) is 43.4 Å². The van der Waals surface area contributed by atoms with Gasteiger partial charge in [-0.05, 0) is 18.4 Å². The van der Waals surface area contributed by atoms with Crippen molar-refractivity contribution in [2.75, 3.05) is 0 Å². The van der Waals surface area contributed by atoms with E-state index >= 15 is 0 Å². The van der Waals surface area contributed by atoms with Crippen LogP contribution in [0.15, 0.2) is 30.3 Å². The Morgan fingerprint density at radius 2 is 1.79 bits per heavy atom. The van der Waals surface area contributed by atoms with Crippen molar-refractivity contribution in [3.63, 3.8) is 0 Å². The van der Waals surface area contributed by atoms with Crippen molar-refractivity contribution in [3.8, 4) is 0 Å². The van der Waals surface area contributed by atoms with E-state index in [1.165, 1.54) is 18.4 Å². The number of fused-ring (bicyclic) bond motifs is 1. The number of hydrogen-bond acceptors (Lipinski definition) is 2. The summed E-state index contributed by atoms with van der Waals surface area (Å²) in [5.74, 6) is 0.702. The number of ketones is 1. The van der Waals surface area contributed by atoms with Gasteiger partial charge in [-0.25, -0.2) is 0 Å². The Balaban J connectivity index is 1.94. The molecule has 2 fully saturated rings. The maximum absolute atomic E-state index is 12.8. The van der Waals surface area contributed by atoms with Gasteiger partial charge in [0.15, 0.2) is 0 Å². The second-order valence-electron chi connectivity index (χ2n) is 6.59. The molecule has 2 aliphatic rings. The lowest BCUT2D eigenvalue weighted by Crippen LogP contribution is -2.57. The number of carbonyl (C=O) groups excluding carboxylic acids is 1. The summed E-state index contributed by atoms with van der Waals surface area (Å²) in [6.07, 6.45) is 4.68. The Labute approximate surface area is 115 Å². The van der Waals surface area contributed by atoms with Crippen LogP contribution in [-0.2, 0) is 4.79 Å². The summed E-state index contributed by atoms with van der Waals surface area (Å²) >= 11 is 0. The number of benzene rings is 1. The Bertz CT molecular complexity index is 465. The maximum atomic E-state index is 12.8. The number of nitrogens with one attached hydrogen (secondary N) is 1. The molecular weight excluding hydrogens is 234 g/mol. The lowest BCUT2D eigenvalue weighted by Gasteiger charge is -2.48. The van der Waals surface area contributed by atoms with Gasteiger partial charge < -0.3 is 5.32 Å². The van der Waals surface area contributed by atoms with E-state index in [9.17, 15) is 4.79 Å². The van der Waals surface area contributed by atoms with Crippen molar-refractivity contribution >= 4 is 5.78 Å². The van der Waals surface area contributed by atoms with Gasteiger partial charge in [0.2, 0.25) is 0 Å². The Hall–Kier alpha value is -1.15. The topological polar surface area (TPSA) is 29.1 Å². The average molecular weight is 257 g/mol. The lowest BCUT2D eigenvalue weighted by molar-refractivity contribution is -0.139. The highest BCUT2D eigenvalue weighted by molar-refractivity contribution is 5.89. The largest absolute Gasteiger partial charge is 0.306 e. The molecule has 2 heteroatoms. The minimum Gasteiger partial charge on any atom is -0.306 e. The summed E-state index contributed by atoms with van der Waals surface area (Å²) in [5.41, 5.74) is 0.935. The Morgan fingerprint density at radius 1 is 1.11 bits per heavy atom. The second-order valence-corrected chi connectivity index (χ2v) is 6.59. The zero-order valence-electron chi connectivity index (χ0n) is 11.9. The van der Waals surface area contributed by atoms with Crippen LogP contribution >= 0.6 is 0 Å². The van der Waals surface area contributed by atoms with Gasteiger partial charge in [0.05, 0.1) is 0 Å². The Morgan fingerprint density at radius 3 is 2.53 bits per heavy atom. The third-order valence-electron chi connectivity index (χ3n) is 4.97. The van der Waals surface area contributed by atoms with Crippen LogP contribution < -0.4 is 5.32 Å². The molecule has 1 heterocycles. The first kappa shape index (κ1) is 12.9. The summed E-state index contributed by atoms with van der Waals surface area (Å²) in [7, 11) is 0. The van der Waals surface area contributed by atoms with E-state index in [1.54, 1.807) is 0 Å². The highest BCUT2D eigenvalue weighted by Crippen LogP contribution is 2.44. The SMILES string of the molecule is CC1(C)C(=O)C2CCCCC2NC1c1ccccc1. The highest BCUT2D eigenvalue weighted by atomic mass is 16.1. The molecule has 1 saturated heterocycles. The van der Waals surface area contributed by atoms with Crippen molar-refractivity contribution in [1.29, 1.82) is 0 Å². The number of piperidine rings is 1. The predicted molar refractivity (Wildman–Crippen MR) is 76.9 cm³/mol. The lowest BCUT2D eigenvalue weighted by atomic mass is 9.64. The fraction of sp³-hybridized carbons (Fsp3) is 0.588. The normalized spacial score (nSPS) is 33.8. The van der Waals surface area contributed by atoms with E-state index in [0.717, 1.165) is 12.8 Å². The van der Waals surface area contributed by atoms with E-state index < -0.39 is 0 Å². The van der Waals surface area contributed by atoms with Crippen LogP contribution in [0.4, 0.5) is 0 Å². The van der Waals surface area contributed by atoms with Gasteiger partial charge in [0.1, 0.15) is 5.78 Å². The first-order valence-corrected chi connectivity index (χ1v) is 7.46. The molecule has 1 saturated carbocycles. The van der Waals surface area contributed by atoms with Crippen LogP contribution in [0.2, 0.25) is 0 Å². The Kier molecular flexibility index (Phi) is 3.22. The maximum Gasteiger partial charge on any atom is 0.145 e. The van der Waals surface area contributed by atoms with E-state index in [-0.39, 0.29) is 17.4 Å². The molecule has 3 unspecified atom stereocenters. The van der Waals surface area contributed by atoms with E-state index in [0.29, 0.717) is 11.8 Å². The number of carbonyl (C=O) groups is 1. The summed E-state index contributed by atoms with van der Waals surface area (Å²) in [4.78, 5) is 12.8. The van der Waals surface area contributed by atoms with Crippen LogP contribution in [0.1, 0.15) is 51.1 Å². The van der Waals surface area contributed by atoms with Crippen LogP contribution in [-0.4, -0.2) is 11.8 Å². The van der Waals surface area contributed by atoms with Gasteiger partial charge >= 0.3 is 0 Å². The van der Waals surface area contributed by atoms with Gasteiger partial charge in [-0.1, -0.05) is 57.0 Å². The zero-order chi connectivity index (χ0) is 13.5. The molecule has 3 atom stereocenters. The summed E-state index contributed by atoms with van der Waals surface area (Å²) in [6.45, 7) is 4.20. The average Bonchev–Trinajstić information content (AvgIpc) is 2.44. The molecular formula is C17H23NO. The molecule has 1 aromatic rings. The predicted octanol–water partition coefficient (Wildman–Crippen LogP) is 3.49. The molecule has 2 nitrogen and oxygen atoms in total. The molecule has 102 valence electrons. The van der Waals surface area contributed by atoms with Crippen molar-refractivity contribution < 1.29 is 4.79 Å². The molecule has 1 aromatic carbocycles. The standard InChI is InChI=1S/C17H23NO/c1-17(2)15(12-8-4-3-5-9-12)18-14-11-7-6-10-13(14)16(17)19/h3-5,8-9,13-15,18H,6-7,10-11H2,1-2H3. The molecule has 0 aromatic heterocycles. The molecule has 0 amide bonds. The minimum absolute atomic E-state index is 0.153. The molecule has 1 aliphatic carbocycles. The molecule has 1 N–H and O–H groups in total. The minimum atomic E-state index is -0.306. The highest BCUT2D eigenvalue weighted by Gasteiger charge is 2.49. The summed E-state index contributed by atoms with van der Waals surface area (Å²) in [5, 5.41) is 3.77. The van der Waals surface area contributed by atoms with Crippen molar-refractivity contribution in [1.82, 2.24) is 5.32 Å². The molecule has 0 radical (unpaired) electrons. The van der Waals surface area contributed by atoms with Crippen LogP contribution in [0, 0.1) is 11.3 Å². The van der Waals surface area contributed by atoms with Gasteiger partial charge in [0.25, 0.3) is 0 Å². The van der Waals surface area contributed by atoms with E-state index in [4.69, 9.17) is 0 Å². The van der Waals surface area contributed by atoms with E-state index in [1.807, 2.05) is 6.07 Å². The molecule has 0 spiro atoms. The van der Waals surface area contributed by atoms with Crippen LogP contribution in [0.25, 0.3) is 0 Å². The van der Waals surface area contributed by atoms with Crippen molar-refractivity contribution in [2.24, 2.45) is 11.3 Å². The fourth-order valence-corrected chi connectivity index (χ4v) is 3.85. The third kappa shape index (κ3) is 2.12. The first-order valence-electron chi connectivity index (χ1n) is 7.46. The smallest absolute Gasteiger partial charge is 0.145 e. The molecule has 3 rings (SSSR count). The van der Waals surface area contributed by atoms with Gasteiger partial charge in [-0.2, -0.15) is 0 Å². The van der Waals surface area contributed by atoms with Crippen molar-refractivity contribution in [2.45, 2.75) is 51.6 Å². The zero-order valence-corrected chi connectivity index (χ0v) is 11.9. The van der Waals surface area contributed by atoms with Gasteiger partial charge in [0, 0.05) is 23.4 Å². The number of Topliss-reactive ketones (excluding diaryl/α,β-unsaturated/α-hetero) is 1. The molecule has 19 heavy (non-hydrogen) atoms. The fourth-order valence-electron chi connectivity index (χ4n) is 3.85. The first-order chi connectivity index (χ1) is 9.10. The quantitative estimate of drug-likeness (QED) is 0.834. The number of rotatable bonds is 1. The summed E-state index contributed by atoms with van der Waals surface area (Å²) in [6, 6.07) is 11.0. The van der Waals surface area contributed by atoms with Crippen molar-refractivity contribution in [3.05, 3.63) is 35.9 Å². The van der Waals surface area contributed by atoms with Crippen LogP contribution in [0.5, 0.6) is 0 Å². The summed E-state index contributed by atoms with van der Waals surface area (Å²) < 4.78 is 0. The molecule has 0 bridgehead atoms. The number of hydrogen-bond donors (Lipinski definition) is 1. The van der Waals surface area contributed by atoms with Crippen LogP contribution in [0.3, 0.4) is 0 Å². The molecule has 1 aliphatic heterocycles. The third-order valence-corrected chi connectivity index (χ3v) is 4.97. The van der Waals surface area contributed by atoms with Gasteiger partial charge in [-0.3, -0.25) is 4.79 Å². The second kappa shape index (κ2) is 4.75. The monoisotopic (exact) mass is 257 g/mol. The van der Waals surface area contributed by atoms with Gasteiger partial charge in [-0.15, -0.1) is 0 Å².